The minimum Gasteiger partial charge on any atom is -0.489 e. The summed E-state index contributed by atoms with van der Waals surface area (Å²) < 4.78 is 15.5. The van der Waals surface area contributed by atoms with E-state index in [9.17, 15) is 9.59 Å². The lowest BCUT2D eigenvalue weighted by atomic mass is 10.2. The maximum absolute atomic E-state index is 12.0. The highest BCUT2D eigenvalue weighted by Gasteiger charge is 2.13. The normalized spacial score (nSPS) is 10.1. The standard InChI is InChI=1S/C18H19NO6/c1-23-9-10-24-16-11-14(17(20)21)7-8-15(16)19-18(22)25-12-13-5-3-2-4-6-13/h2-8,11H,9-10,12H2,1H3,(H,19,22)(H,20,21). The number of carbonyl (C=O) groups is 2. The fourth-order valence-corrected chi connectivity index (χ4v) is 1.98. The zero-order chi connectivity index (χ0) is 18.1. The highest BCUT2D eigenvalue weighted by Crippen LogP contribution is 2.26. The number of ether oxygens (including phenoxy) is 3. The van der Waals surface area contributed by atoms with Crippen LogP contribution in [0.15, 0.2) is 48.5 Å². The molecule has 0 aromatic heterocycles. The van der Waals surface area contributed by atoms with Crippen LogP contribution in [0, 0.1) is 0 Å². The minimum atomic E-state index is -1.09. The van der Waals surface area contributed by atoms with Gasteiger partial charge in [0.25, 0.3) is 0 Å². The molecular weight excluding hydrogens is 326 g/mol. The summed E-state index contributed by atoms with van der Waals surface area (Å²) in [6.07, 6.45) is -0.663. The van der Waals surface area contributed by atoms with E-state index in [1.165, 1.54) is 25.3 Å². The van der Waals surface area contributed by atoms with Crippen molar-refractivity contribution in [3.63, 3.8) is 0 Å². The van der Waals surface area contributed by atoms with Crippen molar-refractivity contribution < 1.29 is 28.9 Å². The lowest BCUT2D eigenvalue weighted by Crippen LogP contribution is -2.15. The smallest absolute Gasteiger partial charge is 0.412 e. The number of amides is 1. The largest absolute Gasteiger partial charge is 0.489 e. The van der Waals surface area contributed by atoms with Crippen LogP contribution in [0.25, 0.3) is 0 Å². The molecule has 2 N–H and O–H groups in total. The van der Waals surface area contributed by atoms with Crippen LogP contribution in [0.2, 0.25) is 0 Å². The lowest BCUT2D eigenvalue weighted by molar-refractivity contribution is 0.0696. The first kappa shape index (κ1) is 18.3. The number of aromatic carboxylic acids is 1. The predicted octanol–water partition coefficient (Wildman–Crippen LogP) is 3.16. The summed E-state index contributed by atoms with van der Waals surface area (Å²) in [6.45, 7) is 0.669. The van der Waals surface area contributed by atoms with Gasteiger partial charge in [-0.05, 0) is 23.8 Å². The zero-order valence-electron chi connectivity index (χ0n) is 13.7. The Bertz CT molecular complexity index is 717. The summed E-state index contributed by atoms with van der Waals surface area (Å²) in [5, 5.41) is 11.6. The van der Waals surface area contributed by atoms with Gasteiger partial charge in [-0.2, -0.15) is 0 Å². The van der Waals surface area contributed by atoms with Gasteiger partial charge < -0.3 is 19.3 Å². The summed E-state index contributed by atoms with van der Waals surface area (Å²) in [4.78, 5) is 23.0. The van der Waals surface area contributed by atoms with Gasteiger partial charge in [-0.3, -0.25) is 5.32 Å². The van der Waals surface area contributed by atoms with Crippen LogP contribution >= 0.6 is 0 Å². The number of nitrogens with one attached hydrogen (secondary N) is 1. The zero-order valence-corrected chi connectivity index (χ0v) is 13.7. The summed E-state index contributed by atoms with van der Waals surface area (Å²) >= 11 is 0. The number of hydrogen-bond donors (Lipinski definition) is 2. The monoisotopic (exact) mass is 345 g/mol. The van der Waals surface area contributed by atoms with Gasteiger partial charge in [0, 0.05) is 7.11 Å². The number of anilines is 1. The van der Waals surface area contributed by atoms with Crippen LogP contribution < -0.4 is 10.1 Å². The number of hydrogen-bond acceptors (Lipinski definition) is 5. The first-order valence-corrected chi connectivity index (χ1v) is 7.57. The Morgan fingerprint density at radius 3 is 2.52 bits per heavy atom. The van der Waals surface area contributed by atoms with E-state index in [0.29, 0.717) is 12.3 Å². The second kappa shape index (κ2) is 9.29. The molecule has 0 unspecified atom stereocenters. The van der Waals surface area contributed by atoms with E-state index < -0.39 is 12.1 Å². The number of rotatable bonds is 8. The highest BCUT2D eigenvalue weighted by atomic mass is 16.5. The van der Waals surface area contributed by atoms with E-state index in [4.69, 9.17) is 19.3 Å². The molecular formula is C18H19NO6. The van der Waals surface area contributed by atoms with Crippen LogP contribution in [-0.4, -0.2) is 37.5 Å². The van der Waals surface area contributed by atoms with Gasteiger partial charge >= 0.3 is 12.1 Å². The molecule has 0 aliphatic carbocycles. The van der Waals surface area contributed by atoms with Crippen molar-refractivity contribution in [1.29, 1.82) is 0 Å². The van der Waals surface area contributed by atoms with Crippen molar-refractivity contribution in [3.8, 4) is 5.75 Å². The van der Waals surface area contributed by atoms with Crippen LogP contribution in [0.5, 0.6) is 5.75 Å². The fourth-order valence-electron chi connectivity index (χ4n) is 1.98. The molecule has 0 aliphatic rings. The topological polar surface area (TPSA) is 94.1 Å². The molecule has 2 aromatic carbocycles. The lowest BCUT2D eigenvalue weighted by Gasteiger charge is -2.13. The van der Waals surface area contributed by atoms with Gasteiger partial charge in [0.2, 0.25) is 0 Å². The Kier molecular flexibility index (Phi) is 6.79. The van der Waals surface area contributed by atoms with Crippen molar-refractivity contribution in [2.24, 2.45) is 0 Å². The summed E-state index contributed by atoms with van der Waals surface area (Å²) in [5.74, 6) is -0.858. The first-order valence-electron chi connectivity index (χ1n) is 7.57. The summed E-state index contributed by atoms with van der Waals surface area (Å²) in [5.41, 5.74) is 1.23. The fraction of sp³-hybridized carbons (Fsp3) is 0.222. The van der Waals surface area contributed by atoms with Crippen molar-refractivity contribution >= 4 is 17.7 Å². The molecule has 0 atom stereocenters. The number of carbonyl (C=O) groups excluding carboxylic acids is 1. The Labute approximate surface area is 145 Å². The molecule has 0 saturated heterocycles. The van der Waals surface area contributed by atoms with Crippen molar-refractivity contribution in [1.82, 2.24) is 0 Å². The Morgan fingerprint density at radius 2 is 1.84 bits per heavy atom. The molecule has 25 heavy (non-hydrogen) atoms. The molecule has 0 bridgehead atoms. The minimum absolute atomic E-state index is 0.0515. The molecule has 2 rings (SSSR count). The molecule has 0 fully saturated rings. The van der Waals surface area contributed by atoms with E-state index in [-0.39, 0.29) is 24.5 Å². The molecule has 7 heteroatoms. The number of methoxy groups -OCH3 is 1. The molecule has 0 spiro atoms. The Morgan fingerprint density at radius 1 is 1.08 bits per heavy atom. The van der Waals surface area contributed by atoms with Gasteiger partial charge in [-0.25, -0.2) is 9.59 Å². The third-order valence-electron chi connectivity index (χ3n) is 3.22. The van der Waals surface area contributed by atoms with Crippen LogP contribution in [-0.2, 0) is 16.1 Å². The SMILES string of the molecule is COCCOc1cc(C(=O)O)ccc1NC(=O)OCc1ccccc1. The van der Waals surface area contributed by atoms with E-state index in [2.05, 4.69) is 5.32 Å². The molecule has 0 saturated carbocycles. The van der Waals surface area contributed by atoms with E-state index in [1.54, 1.807) is 0 Å². The second-order valence-electron chi connectivity index (χ2n) is 5.04. The molecule has 2 aromatic rings. The molecule has 0 aliphatic heterocycles. The van der Waals surface area contributed by atoms with Gasteiger partial charge in [-0.1, -0.05) is 30.3 Å². The van der Waals surface area contributed by atoms with Gasteiger partial charge in [-0.15, -0.1) is 0 Å². The number of carboxylic acid groups (broad SMARTS) is 1. The quantitative estimate of drug-likeness (QED) is 0.714. The van der Waals surface area contributed by atoms with E-state index in [1.807, 2.05) is 30.3 Å². The average Bonchev–Trinajstić information content (AvgIpc) is 2.62. The Hall–Kier alpha value is -3.06. The second-order valence-corrected chi connectivity index (χ2v) is 5.04. The van der Waals surface area contributed by atoms with Crippen LogP contribution in [0.1, 0.15) is 15.9 Å². The third kappa shape index (κ3) is 5.82. The van der Waals surface area contributed by atoms with Gasteiger partial charge in [0.05, 0.1) is 17.9 Å². The maximum atomic E-state index is 12.0. The molecule has 132 valence electrons. The van der Waals surface area contributed by atoms with Crippen LogP contribution in [0.3, 0.4) is 0 Å². The summed E-state index contributed by atoms with van der Waals surface area (Å²) in [6, 6.07) is 13.4. The highest BCUT2D eigenvalue weighted by molar-refractivity contribution is 5.91. The van der Waals surface area contributed by atoms with Gasteiger partial charge in [0.15, 0.2) is 0 Å². The molecule has 0 radical (unpaired) electrons. The van der Waals surface area contributed by atoms with E-state index in [0.717, 1.165) is 5.56 Å². The van der Waals surface area contributed by atoms with Crippen LogP contribution in [0.4, 0.5) is 10.5 Å². The third-order valence-corrected chi connectivity index (χ3v) is 3.22. The maximum Gasteiger partial charge on any atom is 0.412 e. The van der Waals surface area contributed by atoms with Crippen molar-refractivity contribution in [2.75, 3.05) is 25.6 Å². The number of benzene rings is 2. The van der Waals surface area contributed by atoms with Crippen molar-refractivity contribution in [2.45, 2.75) is 6.61 Å². The average molecular weight is 345 g/mol. The molecule has 7 nitrogen and oxygen atoms in total. The van der Waals surface area contributed by atoms with Gasteiger partial charge in [0.1, 0.15) is 19.0 Å². The number of carboxylic acids is 1. The predicted molar refractivity (Wildman–Crippen MR) is 91.0 cm³/mol. The molecule has 0 heterocycles. The first-order chi connectivity index (χ1) is 12.1. The van der Waals surface area contributed by atoms with E-state index >= 15 is 0 Å². The summed E-state index contributed by atoms with van der Waals surface area (Å²) in [7, 11) is 1.52. The molecule has 1 amide bonds. The van der Waals surface area contributed by atoms with Crippen molar-refractivity contribution in [3.05, 3.63) is 59.7 Å². The Balaban J connectivity index is 2.03.